The Kier molecular flexibility index (Phi) is 8.06. The lowest BCUT2D eigenvalue weighted by atomic mass is 9.73. The zero-order valence-corrected chi connectivity index (χ0v) is 21.7. The minimum absolute atomic E-state index is 0.141. The number of nitrogens with two attached hydrogens (primary N) is 1. The molecular weight excluding hydrogens is 473 g/mol. The van der Waals surface area contributed by atoms with Crippen molar-refractivity contribution in [2.75, 3.05) is 33.3 Å². The Morgan fingerprint density at radius 2 is 1.89 bits per heavy atom. The maximum atomic E-state index is 13.8. The van der Waals surface area contributed by atoms with Gasteiger partial charge in [-0.15, -0.1) is 0 Å². The maximum Gasteiger partial charge on any atom is 0.256 e. The molecule has 0 radical (unpaired) electrons. The molecule has 0 bridgehead atoms. The van der Waals surface area contributed by atoms with Crippen molar-refractivity contribution in [1.29, 1.82) is 0 Å². The van der Waals surface area contributed by atoms with E-state index >= 15 is 0 Å². The van der Waals surface area contributed by atoms with Crippen molar-refractivity contribution in [3.05, 3.63) is 71.5 Å². The average Bonchev–Trinajstić information content (AvgIpc) is 3.11. The molecule has 1 unspecified atom stereocenters. The largest absolute Gasteiger partial charge is 0.375 e. The molecule has 0 aliphatic carbocycles. The Balaban J connectivity index is 1.52. The van der Waals surface area contributed by atoms with Crippen LogP contribution in [0.2, 0.25) is 0 Å². The van der Waals surface area contributed by atoms with Gasteiger partial charge in [0, 0.05) is 38.6 Å². The molecule has 198 valence electrons. The van der Waals surface area contributed by atoms with Crippen LogP contribution in [0.3, 0.4) is 0 Å². The van der Waals surface area contributed by atoms with E-state index in [1.165, 1.54) is 17.1 Å². The summed E-state index contributed by atoms with van der Waals surface area (Å²) in [6.07, 6.45) is 0.834. The van der Waals surface area contributed by atoms with Crippen LogP contribution in [0.1, 0.15) is 31.4 Å². The molecule has 4 rings (SSSR count). The summed E-state index contributed by atoms with van der Waals surface area (Å²) in [6.45, 7) is 5.40. The van der Waals surface area contributed by atoms with Crippen LogP contribution in [-0.2, 0) is 27.4 Å². The molecule has 37 heavy (non-hydrogen) atoms. The molecule has 0 aromatic heterocycles. The fraction of sp³-hybridized carbons (Fsp3) is 0.464. The van der Waals surface area contributed by atoms with Crippen molar-refractivity contribution in [1.82, 2.24) is 15.2 Å². The van der Waals surface area contributed by atoms with Crippen molar-refractivity contribution in [3.63, 3.8) is 0 Å². The highest BCUT2D eigenvalue weighted by atomic mass is 19.1. The monoisotopic (exact) mass is 509 g/mol. The van der Waals surface area contributed by atoms with Gasteiger partial charge in [0.2, 0.25) is 5.91 Å². The van der Waals surface area contributed by atoms with E-state index in [1.54, 1.807) is 24.1 Å². The first-order valence-corrected chi connectivity index (χ1v) is 12.6. The Morgan fingerprint density at radius 1 is 1.19 bits per heavy atom. The molecule has 9 heteroatoms. The summed E-state index contributed by atoms with van der Waals surface area (Å²) < 4.78 is 19.4. The quantitative estimate of drug-likeness (QED) is 0.512. The van der Waals surface area contributed by atoms with Crippen molar-refractivity contribution in [2.24, 2.45) is 16.3 Å². The number of fused-ring (bicyclic) bond motifs is 1. The lowest BCUT2D eigenvalue weighted by molar-refractivity contribution is -0.141. The molecule has 2 aliphatic rings. The summed E-state index contributed by atoms with van der Waals surface area (Å²) in [6, 6.07) is 15.3. The first-order chi connectivity index (χ1) is 17.6. The van der Waals surface area contributed by atoms with Crippen LogP contribution in [0.4, 0.5) is 4.39 Å². The molecule has 2 aromatic rings. The van der Waals surface area contributed by atoms with E-state index < -0.39 is 17.0 Å². The van der Waals surface area contributed by atoms with E-state index in [0.717, 1.165) is 16.8 Å². The van der Waals surface area contributed by atoms with Crippen LogP contribution in [0.25, 0.3) is 0 Å². The highest BCUT2D eigenvalue weighted by Crippen LogP contribution is 2.38. The van der Waals surface area contributed by atoms with Gasteiger partial charge in [-0.05, 0) is 43.5 Å². The number of hydrogen-bond acceptors (Lipinski definition) is 6. The van der Waals surface area contributed by atoms with Crippen molar-refractivity contribution >= 4 is 17.5 Å². The van der Waals surface area contributed by atoms with Gasteiger partial charge in [0.25, 0.3) is 5.91 Å². The lowest BCUT2D eigenvalue weighted by Gasteiger charge is -2.41. The number of carbonyl (C=O) groups is 2. The predicted octanol–water partition coefficient (Wildman–Crippen LogP) is 2.33. The number of nitrogens with one attached hydrogen (secondary N) is 1. The smallest absolute Gasteiger partial charge is 0.256 e. The summed E-state index contributed by atoms with van der Waals surface area (Å²) in [7, 11) is 1.64. The second-order valence-electron chi connectivity index (χ2n) is 10.7. The fourth-order valence-electron chi connectivity index (χ4n) is 4.91. The number of piperidine rings is 1. The molecule has 8 nitrogen and oxygen atoms in total. The number of hydrazone groups is 1. The highest BCUT2D eigenvalue weighted by molar-refractivity contribution is 6.13. The van der Waals surface area contributed by atoms with Gasteiger partial charge in [0.15, 0.2) is 0 Å². The van der Waals surface area contributed by atoms with Gasteiger partial charge in [-0.1, -0.05) is 42.5 Å². The Hall–Kier alpha value is -3.14. The number of ether oxygens (including phenoxy) is 1. The van der Waals surface area contributed by atoms with Gasteiger partial charge in [0.05, 0.1) is 18.9 Å². The number of hydrogen-bond donors (Lipinski definition) is 2. The molecule has 2 aromatic carbocycles. The summed E-state index contributed by atoms with van der Waals surface area (Å²) in [4.78, 5) is 28.9. The maximum absolute atomic E-state index is 13.8. The molecule has 1 fully saturated rings. The number of carbonyl (C=O) groups excluding carboxylic acids is 2. The number of rotatable bonds is 10. The predicted molar refractivity (Wildman–Crippen MR) is 140 cm³/mol. The van der Waals surface area contributed by atoms with Crippen molar-refractivity contribution in [3.8, 4) is 0 Å². The fourth-order valence-corrected chi connectivity index (χ4v) is 4.91. The number of amides is 2. The normalized spacial score (nSPS) is 20.6. The van der Waals surface area contributed by atoms with E-state index in [4.69, 9.17) is 10.5 Å². The molecule has 2 amide bonds. The van der Waals surface area contributed by atoms with Gasteiger partial charge in [0.1, 0.15) is 17.3 Å². The SMILES string of the molecule is CN1N=C2CCN(C(=O)[C@@H](COCc3ccccc3)NCC(C)(C)N)CC2(Cc2ccc(F)cc2)C1=O. The van der Waals surface area contributed by atoms with Gasteiger partial charge in [-0.25, -0.2) is 9.40 Å². The topological polar surface area (TPSA) is 100 Å². The third-order valence-electron chi connectivity index (χ3n) is 6.83. The molecule has 2 heterocycles. The van der Waals surface area contributed by atoms with E-state index in [9.17, 15) is 14.0 Å². The number of halogens is 1. The Morgan fingerprint density at radius 3 is 2.57 bits per heavy atom. The zero-order valence-electron chi connectivity index (χ0n) is 21.7. The number of benzene rings is 2. The third-order valence-corrected chi connectivity index (χ3v) is 6.83. The summed E-state index contributed by atoms with van der Waals surface area (Å²) in [5.74, 6) is -0.632. The summed E-state index contributed by atoms with van der Waals surface area (Å²) in [5, 5.41) is 9.15. The second kappa shape index (κ2) is 11.1. The summed E-state index contributed by atoms with van der Waals surface area (Å²) >= 11 is 0. The molecule has 2 atom stereocenters. The van der Waals surface area contributed by atoms with Gasteiger partial charge in [-0.2, -0.15) is 5.10 Å². The van der Waals surface area contributed by atoms with Gasteiger partial charge < -0.3 is 20.7 Å². The summed E-state index contributed by atoms with van der Waals surface area (Å²) in [5.41, 5.74) is 7.29. The molecule has 1 saturated heterocycles. The third kappa shape index (κ3) is 6.41. The minimum atomic E-state index is -0.969. The zero-order chi connectivity index (χ0) is 26.6. The van der Waals surface area contributed by atoms with E-state index in [2.05, 4.69) is 10.4 Å². The number of nitrogens with zero attached hydrogens (tertiary/aromatic N) is 3. The molecule has 0 saturated carbocycles. The van der Waals surface area contributed by atoms with Gasteiger partial charge >= 0.3 is 0 Å². The van der Waals surface area contributed by atoms with E-state index in [-0.39, 0.29) is 30.8 Å². The van der Waals surface area contributed by atoms with Crippen molar-refractivity contribution < 1.29 is 18.7 Å². The molecule has 3 N–H and O–H groups in total. The average molecular weight is 510 g/mol. The molecular formula is C28H36FN5O3. The molecule has 0 spiro atoms. The van der Waals surface area contributed by atoms with Crippen LogP contribution in [0.5, 0.6) is 0 Å². The molecule has 2 aliphatic heterocycles. The van der Waals surface area contributed by atoms with Crippen LogP contribution in [0, 0.1) is 11.2 Å². The first kappa shape index (κ1) is 26.9. The Bertz CT molecular complexity index is 1130. The van der Waals surface area contributed by atoms with E-state index in [0.29, 0.717) is 32.5 Å². The van der Waals surface area contributed by atoms with Crippen LogP contribution in [-0.4, -0.2) is 72.3 Å². The Labute approximate surface area is 217 Å². The van der Waals surface area contributed by atoms with E-state index in [1.807, 2.05) is 44.2 Å². The minimum Gasteiger partial charge on any atom is -0.375 e. The lowest BCUT2D eigenvalue weighted by Crippen LogP contribution is -2.60. The van der Waals surface area contributed by atoms with Crippen LogP contribution >= 0.6 is 0 Å². The van der Waals surface area contributed by atoms with Crippen LogP contribution in [0.15, 0.2) is 59.7 Å². The van der Waals surface area contributed by atoms with Crippen LogP contribution < -0.4 is 11.1 Å². The van der Waals surface area contributed by atoms with Gasteiger partial charge in [-0.3, -0.25) is 9.59 Å². The second-order valence-corrected chi connectivity index (χ2v) is 10.7. The standard InChI is InChI=1S/C28H36FN5O3/c1-27(2,30)18-31-23(17-37-16-21-7-5-4-6-8-21)25(35)34-14-13-24-28(19-34,26(36)33(3)32-24)15-20-9-11-22(29)12-10-20/h4-12,23,31H,13-19,30H2,1-3H3/t23-,28?/m1/s1. The highest BCUT2D eigenvalue weighted by Gasteiger charge is 2.53. The number of likely N-dealkylation sites (tertiary alicyclic amines) is 1. The first-order valence-electron chi connectivity index (χ1n) is 12.6. The van der Waals surface area contributed by atoms with Crippen molar-refractivity contribution in [2.45, 2.75) is 44.9 Å².